The second kappa shape index (κ2) is 9.97. The summed E-state index contributed by atoms with van der Waals surface area (Å²) >= 11 is 0. The number of imidazole rings is 1. The first kappa shape index (κ1) is 23.9. The lowest BCUT2D eigenvalue weighted by Gasteiger charge is -2.31. The molecule has 9 heteroatoms. The summed E-state index contributed by atoms with van der Waals surface area (Å²) in [5.74, 6) is 0.775. The highest BCUT2D eigenvalue weighted by Gasteiger charge is 2.28. The number of rotatable bonds is 7. The third kappa shape index (κ3) is 5.47. The van der Waals surface area contributed by atoms with Crippen LogP contribution in [0.2, 0.25) is 0 Å². The van der Waals surface area contributed by atoms with Gasteiger partial charge in [0.1, 0.15) is 0 Å². The summed E-state index contributed by atoms with van der Waals surface area (Å²) in [5.41, 5.74) is 2.16. The van der Waals surface area contributed by atoms with Gasteiger partial charge in [0.05, 0.1) is 15.9 Å². The SMILES string of the molecule is CC(C)N(C)C(=O)C1CCC(/C=N/S(=O)(=O)c2ccc3nc(Nc4ccccc4)[nH]c3c2)CC1. The van der Waals surface area contributed by atoms with Crippen molar-refractivity contribution < 1.29 is 13.2 Å². The molecule has 2 N–H and O–H groups in total. The summed E-state index contributed by atoms with van der Waals surface area (Å²) in [7, 11) is -1.99. The Bertz CT molecular complexity index is 1280. The van der Waals surface area contributed by atoms with Crippen LogP contribution in [0.3, 0.4) is 0 Å². The summed E-state index contributed by atoms with van der Waals surface area (Å²) in [6.07, 6.45) is 4.57. The van der Waals surface area contributed by atoms with E-state index in [-0.39, 0.29) is 28.7 Å². The average molecular weight is 482 g/mol. The molecule has 3 aromatic rings. The minimum atomic E-state index is -3.83. The van der Waals surface area contributed by atoms with E-state index in [1.807, 2.05) is 51.2 Å². The minimum Gasteiger partial charge on any atom is -0.343 e. The Labute approximate surface area is 200 Å². The van der Waals surface area contributed by atoms with Gasteiger partial charge in [0, 0.05) is 30.9 Å². The van der Waals surface area contributed by atoms with Gasteiger partial charge in [0.2, 0.25) is 11.9 Å². The highest BCUT2D eigenvalue weighted by atomic mass is 32.2. The van der Waals surface area contributed by atoms with Crippen LogP contribution in [0.1, 0.15) is 39.5 Å². The molecule has 1 amide bonds. The lowest BCUT2D eigenvalue weighted by atomic mass is 9.82. The Morgan fingerprint density at radius 3 is 2.53 bits per heavy atom. The normalized spacial score (nSPS) is 19.1. The van der Waals surface area contributed by atoms with Crippen molar-refractivity contribution in [2.24, 2.45) is 16.2 Å². The Morgan fingerprint density at radius 1 is 1.15 bits per heavy atom. The number of aromatic nitrogens is 2. The number of sulfonamides is 1. The predicted molar refractivity (Wildman–Crippen MR) is 135 cm³/mol. The van der Waals surface area contributed by atoms with Crippen LogP contribution in [0.5, 0.6) is 0 Å². The van der Waals surface area contributed by atoms with Gasteiger partial charge in [-0.3, -0.25) is 4.79 Å². The van der Waals surface area contributed by atoms with Crippen molar-refractivity contribution in [2.75, 3.05) is 12.4 Å². The number of carbonyl (C=O) groups is 1. The van der Waals surface area contributed by atoms with E-state index < -0.39 is 10.0 Å². The molecule has 0 unspecified atom stereocenters. The van der Waals surface area contributed by atoms with Gasteiger partial charge in [-0.25, -0.2) is 4.98 Å². The zero-order valence-corrected chi connectivity index (χ0v) is 20.5. The van der Waals surface area contributed by atoms with Gasteiger partial charge in [-0.2, -0.15) is 12.8 Å². The number of carbonyl (C=O) groups excluding carboxylic acids is 1. The van der Waals surface area contributed by atoms with Crippen molar-refractivity contribution in [3.63, 3.8) is 0 Å². The number of benzene rings is 2. The van der Waals surface area contributed by atoms with E-state index in [0.29, 0.717) is 17.0 Å². The van der Waals surface area contributed by atoms with Gasteiger partial charge in [-0.1, -0.05) is 18.2 Å². The van der Waals surface area contributed by atoms with Crippen molar-refractivity contribution >= 4 is 44.8 Å². The standard InChI is InChI=1S/C25H31N5O3S/c1-17(2)30(3)24(31)19-11-9-18(10-12-19)16-26-34(32,33)21-13-14-22-23(15-21)29-25(28-22)27-20-7-5-4-6-8-20/h4-8,13-19H,9-12H2,1-3H3,(H2,27,28,29)/b26-16+. The monoisotopic (exact) mass is 481 g/mol. The van der Waals surface area contributed by atoms with Gasteiger partial charge in [0.15, 0.2) is 0 Å². The Morgan fingerprint density at radius 2 is 1.85 bits per heavy atom. The van der Waals surface area contributed by atoms with Crippen LogP contribution in [0.4, 0.5) is 11.6 Å². The molecule has 1 heterocycles. The molecule has 1 aromatic heterocycles. The van der Waals surface area contributed by atoms with Crippen LogP contribution < -0.4 is 5.32 Å². The first-order valence-electron chi connectivity index (χ1n) is 11.6. The lowest BCUT2D eigenvalue weighted by Crippen LogP contribution is -2.39. The fourth-order valence-electron chi connectivity index (χ4n) is 4.15. The number of hydrogen-bond donors (Lipinski definition) is 2. The van der Waals surface area contributed by atoms with Crippen LogP contribution in [0.25, 0.3) is 11.0 Å². The average Bonchev–Trinajstić information content (AvgIpc) is 3.24. The summed E-state index contributed by atoms with van der Waals surface area (Å²) in [6.45, 7) is 4.00. The lowest BCUT2D eigenvalue weighted by molar-refractivity contribution is -0.136. The molecule has 34 heavy (non-hydrogen) atoms. The first-order valence-corrected chi connectivity index (χ1v) is 13.1. The molecule has 1 aliphatic rings. The van der Waals surface area contributed by atoms with Crippen LogP contribution in [0, 0.1) is 11.8 Å². The predicted octanol–water partition coefficient (Wildman–Crippen LogP) is 4.74. The minimum absolute atomic E-state index is 0.00938. The fourth-order valence-corrected chi connectivity index (χ4v) is 5.11. The van der Waals surface area contributed by atoms with Gasteiger partial charge in [-0.05, 0) is 75.8 Å². The van der Waals surface area contributed by atoms with Crippen LogP contribution in [0.15, 0.2) is 57.8 Å². The topological polar surface area (TPSA) is 108 Å². The van der Waals surface area contributed by atoms with Crippen LogP contribution >= 0.6 is 0 Å². The number of nitrogens with zero attached hydrogens (tertiary/aromatic N) is 3. The number of para-hydroxylation sites is 1. The van der Waals surface area contributed by atoms with Gasteiger partial charge in [0.25, 0.3) is 10.0 Å². The van der Waals surface area contributed by atoms with E-state index in [2.05, 4.69) is 19.7 Å². The van der Waals surface area contributed by atoms with E-state index in [0.717, 1.165) is 31.4 Å². The highest BCUT2D eigenvalue weighted by Crippen LogP contribution is 2.30. The quantitative estimate of drug-likeness (QED) is 0.474. The molecule has 8 nitrogen and oxygen atoms in total. The summed E-state index contributed by atoms with van der Waals surface area (Å²) < 4.78 is 29.7. The van der Waals surface area contributed by atoms with E-state index >= 15 is 0 Å². The van der Waals surface area contributed by atoms with Crippen molar-refractivity contribution in [1.29, 1.82) is 0 Å². The highest BCUT2D eigenvalue weighted by molar-refractivity contribution is 7.90. The maximum absolute atomic E-state index is 12.8. The first-order chi connectivity index (χ1) is 16.2. The number of H-pyrrole nitrogens is 1. The maximum Gasteiger partial charge on any atom is 0.282 e. The second-order valence-electron chi connectivity index (χ2n) is 9.14. The third-order valence-electron chi connectivity index (χ3n) is 6.44. The number of amides is 1. The third-order valence-corrected chi connectivity index (χ3v) is 7.69. The summed E-state index contributed by atoms with van der Waals surface area (Å²) in [6, 6.07) is 14.5. The van der Waals surface area contributed by atoms with Crippen molar-refractivity contribution in [2.45, 2.75) is 50.5 Å². The molecule has 0 saturated heterocycles. The van der Waals surface area contributed by atoms with Crippen molar-refractivity contribution in [1.82, 2.24) is 14.9 Å². The molecule has 0 spiro atoms. The molecule has 180 valence electrons. The van der Waals surface area contributed by atoms with E-state index in [4.69, 9.17) is 0 Å². The smallest absolute Gasteiger partial charge is 0.282 e. The molecule has 1 saturated carbocycles. The molecular weight excluding hydrogens is 450 g/mol. The second-order valence-corrected chi connectivity index (χ2v) is 10.8. The fraction of sp³-hybridized carbons (Fsp3) is 0.400. The molecule has 1 aliphatic carbocycles. The molecule has 1 fully saturated rings. The number of aromatic amines is 1. The van der Waals surface area contributed by atoms with E-state index in [1.54, 1.807) is 23.2 Å². The van der Waals surface area contributed by atoms with E-state index in [9.17, 15) is 13.2 Å². The van der Waals surface area contributed by atoms with Gasteiger partial charge < -0.3 is 15.2 Å². The van der Waals surface area contributed by atoms with Crippen LogP contribution in [-0.2, 0) is 14.8 Å². The molecule has 0 aliphatic heterocycles. The van der Waals surface area contributed by atoms with Crippen molar-refractivity contribution in [3.05, 3.63) is 48.5 Å². The molecular formula is C25H31N5O3S. The Balaban J connectivity index is 1.41. The number of anilines is 2. The zero-order valence-electron chi connectivity index (χ0n) is 19.7. The Hall–Kier alpha value is -3.20. The summed E-state index contributed by atoms with van der Waals surface area (Å²) in [4.78, 5) is 22.0. The van der Waals surface area contributed by atoms with Crippen molar-refractivity contribution in [3.8, 4) is 0 Å². The number of nitrogens with one attached hydrogen (secondary N) is 2. The van der Waals surface area contributed by atoms with Gasteiger partial charge in [-0.15, -0.1) is 0 Å². The molecule has 0 atom stereocenters. The number of fused-ring (bicyclic) bond motifs is 1. The molecule has 0 bridgehead atoms. The maximum atomic E-state index is 12.8. The van der Waals surface area contributed by atoms with E-state index in [1.165, 1.54) is 6.07 Å². The number of hydrogen-bond acceptors (Lipinski definition) is 5. The molecule has 2 aromatic carbocycles. The Kier molecular flexibility index (Phi) is 7.02. The largest absolute Gasteiger partial charge is 0.343 e. The van der Waals surface area contributed by atoms with Crippen LogP contribution in [-0.4, -0.2) is 48.5 Å². The molecule has 0 radical (unpaired) electrons. The summed E-state index contributed by atoms with van der Waals surface area (Å²) in [5, 5.41) is 3.17. The molecule has 4 rings (SSSR count). The zero-order chi connectivity index (χ0) is 24.3. The van der Waals surface area contributed by atoms with Gasteiger partial charge >= 0.3 is 0 Å².